The van der Waals surface area contributed by atoms with Crippen molar-refractivity contribution < 1.29 is 14.7 Å². The van der Waals surface area contributed by atoms with E-state index in [1.807, 2.05) is 0 Å². The third-order valence-corrected chi connectivity index (χ3v) is 2.70. The van der Waals surface area contributed by atoms with E-state index in [0.717, 1.165) is 0 Å². The smallest absolute Gasteiger partial charge is 0.256 e. The molecule has 1 amide bonds. The van der Waals surface area contributed by atoms with Gasteiger partial charge in [-0.15, -0.1) is 0 Å². The van der Waals surface area contributed by atoms with E-state index in [4.69, 9.17) is 9.94 Å². The molecule has 1 saturated heterocycles. The quantitative estimate of drug-likeness (QED) is 0.458. The standard InChI is InChI=1S/C9H12N2O3/c1-5-6(2)14-9-7(10-13)3-4-11(9)8(5)12/h9,13H,3-4H2,1-2H3/b10-7-. The molecule has 0 aromatic carbocycles. The summed E-state index contributed by atoms with van der Waals surface area (Å²) in [5.74, 6) is 0.580. The second-order valence-corrected chi connectivity index (χ2v) is 3.49. The lowest BCUT2D eigenvalue weighted by molar-refractivity contribution is -0.136. The molecule has 2 heterocycles. The molecular weight excluding hydrogens is 184 g/mol. The average Bonchev–Trinajstić information content (AvgIpc) is 2.57. The summed E-state index contributed by atoms with van der Waals surface area (Å²) >= 11 is 0. The van der Waals surface area contributed by atoms with Crippen molar-refractivity contribution in [2.45, 2.75) is 26.5 Å². The first kappa shape index (κ1) is 9.05. The first-order valence-corrected chi connectivity index (χ1v) is 4.51. The van der Waals surface area contributed by atoms with Crippen LogP contribution < -0.4 is 0 Å². The predicted molar refractivity (Wildman–Crippen MR) is 48.8 cm³/mol. The molecule has 5 nitrogen and oxygen atoms in total. The summed E-state index contributed by atoms with van der Waals surface area (Å²) < 4.78 is 5.49. The fourth-order valence-corrected chi connectivity index (χ4v) is 1.72. The topological polar surface area (TPSA) is 62.1 Å². The van der Waals surface area contributed by atoms with Crippen molar-refractivity contribution in [3.8, 4) is 0 Å². The molecule has 0 saturated carbocycles. The van der Waals surface area contributed by atoms with Crippen LogP contribution in [0.15, 0.2) is 16.5 Å². The van der Waals surface area contributed by atoms with Gasteiger partial charge < -0.3 is 9.94 Å². The van der Waals surface area contributed by atoms with Gasteiger partial charge in [0, 0.05) is 13.0 Å². The average molecular weight is 196 g/mol. The van der Waals surface area contributed by atoms with Crippen molar-refractivity contribution in [1.29, 1.82) is 0 Å². The van der Waals surface area contributed by atoms with Crippen molar-refractivity contribution in [1.82, 2.24) is 4.90 Å². The van der Waals surface area contributed by atoms with E-state index in [0.29, 0.717) is 30.0 Å². The van der Waals surface area contributed by atoms with Gasteiger partial charge >= 0.3 is 0 Å². The van der Waals surface area contributed by atoms with Crippen LogP contribution in [0, 0.1) is 0 Å². The van der Waals surface area contributed by atoms with Crippen LogP contribution in [-0.4, -0.2) is 34.5 Å². The Hall–Kier alpha value is -1.52. The Balaban J connectivity index is 2.36. The van der Waals surface area contributed by atoms with Gasteiger partial charge in [0.2, 0.25) is 6.23 Å². The molecule has 2 aliphatic heterocycles. The highest BCUT2D eigenvalue weighted by atomic mass is 16.5. The summed E-state index contributed by atoms with van der Waals surface area (Å²) in [6.45, 7) is 4.05. The summed E-state index contributed by atoms with van der Waals surface area (Å²) in [5.41, 5.74) is 1.14. The van der Waals surface area contributed by atoms with Crippen LogP contribution in [-0.2, 0) is 9.53 Å². The second-order valence-electron chi connectivity index (χ2n) is 3.49. The molecular formula is C9H12N2O3. The minimum Gasteiger partial charge on any atom is -0.469 e. The Labute approximate surface area is 81.6 Å². The minimum atomic E-state index is -0.490. The largest absolute Gasteiger partial charge is 0.469 e. The van der Waals surface area contributed by atoms with Gasteiger partial charge in [0.05, 0.1) is 5.57 Å². The maximum Gasteiger partial charge on any atom is 0.256 e. The van der Waals surface area contributed by atoms with Crippen LogP contribution in [0.4, 0.5) is 0 Å². The molecule has 0 aromatic rings. The van der Waals surface area contributed by atoms with E-state index in [9.17, 15) is 4.79 Å². The zero-order valence-corrected chi connectivity index (χ0v) is 8.15. The first-order chi connectivity index (χ1) is 6.65. The van der Waals surface area contributed by atoms with Gasteiger partial charge in [0.15, 0.2) is 0 Å². The van der Waals surface area contributed by atoms with Crippen molar-refractivity contribution in [2.75, 3.05) is 6.54 Å². The van der Waals surface area contributed by atoms with E-state index in [2.05, 4.69) is 5.16 Å². The molecule has 0 bridgehead atoms. The van der Waals surface area contributed by atoms with Gasteiger partial charge in [-0.25, -0.2) is 0 Å². The Morgan fingerprint density at radius 2 is 2.29 bits per heavy atom. The van der Waals surface area contributed by atoms with E-state index in [1.54, 1.807) is 18.7 Å². The van der Waals surface area contributed by atoms with Crippen molar-refractivity contribution in [3.05, 3.63) is 11.3 Å². The van der Waals surface area contributed by atoms with Crippen LogP contribution >= 0.6 is 0 Å². The summed E-state index contributed by atoms with van der Waals surface area (Å²) in [6, 6.07) is 0. The molecule has 2 rings (SSSR count). The van der Waals surface area contributed by atoms with E-state index >= 15 is 0 Å². The highest BCUT2D eigenvalue weighted by molar-refractivity contribution is 6.01. The third-order valence-electron chi connectivity index (χ3n) is 2.70. The zero-order chi connectivity index (χ0) is 10.3. The van der Waals surface area contributed by atoms with Crippen molar-refractivity contribution >= 4 is 11.6 Å². The number of fused-ring (bicyclic) bond motifs is 1. The molecule has 0 aromatic heterocycles. The lowest BCUT2D eigenvalue weighted by Crippen LogP contribution is -2.43. The number of ether oxygens (including phenoxy) is 1. The number of hydrogen-bond donors (Lipinski definition) is 1. The Morgan fingerprint density at radius 3 is 2.93 bits per heavy atom. The van der Waals surface area contributed by atoms with Gasteiger partial charge in [-0.3, -0.25) is 9.69 Å². The number of amides is 1. The number of allylic oxidation sites excluding steroid dienone is 1. The van der Waals surface area contributed by atoms with Gasteiger partial charge in [0.25, 0.3) is 5.91 Å². The van der Waals surface area contributed by atoms with Gasteiger partial charge in [-0.2, -0.15) is 0 Å². The molecule has 1 N–H and O–H groups in total. The third kappa shape index (κ3) is 1.08. The first-order valence-electron chi connectivity index (χ1n) is 4.51. The summed E-state index contributed by atoms with van der Waals surface area (Å²) in [4.78, 5) is 13.3. The van der Waals surface area contributed by atoms with Gasteiger partial charge in [-0.05, 0) is 13.8 Å². The van der Waals surface area contributed by atoms with Crippen molar-refractivity contribution in [2.24, 2.45) is 5.16 Å². The lowest BCUT2D eigenvalue weighted by atomic mass is 10.2. The molecule has 5 heteroatoms. The lowest BCUT2D eigenvalue weighted by Gasteiger charge is -2.30. The summed E-state index contributed by atoms with van der Waals surface area (Å²) in [7, 11) is 0. The molecule has 2 aliphatic rings. The van der Waals surface area contributed by atoms with Crippen molar-refractivity contribution in [3.63, 3.8) is 0 Å². The minimum absolute atomic E-state index is 0.0302. The number of nitrogens with zero attached hydrogens (tertiary/aromatic N) is 2. The van der Waals surface area contributed by atoms with Crippen LogP contribution in [0.5, 0.6) is 0 Å². The maximum atomic E-state index is 11.7. The number of oxime groups is 1. The maximum absolute atomic E-state index is 11.7. The number of carbonyl (C=O) groups is 1. The Kier molecular flexibility index (Phi) is 1.94. The van der Waals surface area contributed by atoms with E-state index in [-0.39, 0.29) is 5.91 Å². The monoisotopic (exact) mass is 196 g/mol. The summed E-state index contributed by atoms with van der Waals surface area (Å²) in [5, 5.41) is 11.8. The molecule has 0 spiro atoms. The van der Waals surface area contributed by atoms with E-state index < -0.39 is 6.23 Å². The SMILES string of the molecule is CC1=C(C)C(=O)N2CC/C(=N/O)C2O1. The van der Waals surface area contributed by atoms with Gasteiger partial charge in [-0.1, -0.05) is 5.16 Å². The molecule has 0 aliphatic carbocycles. The number of carbonyl (C=O) groups excluding carboxylic acids is 1. The van der Waals surface area contributed by atoms with Gasteiger partial charge in [0.1, 0.15) is 11.5 Å². The second kappa shape index (κ2) is 3.01. The summed E-state index contributed by atoms with van der Waals surface area (Å²) in [6.07, 6.45) is 0.0872. The normalized spacial score (nSPS) is 29.6. The Morgan fingerprint density at radius 1 is 1.57 bits per heavy atom. The van der Waals surface area contributed by atoms with Crippen LogP contribution in [0.25, 0.3) is 0 Å². The molecule has 1 unspecified atom stereocenters. The predicted octanol–water partition coefficient (Wildman–Crippen LogP) is 0.699. The molecule has 1 fully saturated rings. The fraction of sp³-hybridized carbons (Fsp3) is 0.556. The van der Waals surface area contributed by atoms with Crippen LogP contribution in [0.3, 0.4) is 0 Å². The Bertz CT molecular complexity index is 346. The highest BCUT2D eigenvalue weighted by Gasteiger charge is 2.40. The number of hydrogen-bond acceptors (Lipinski definition) is 4. The number of rotatable bonds is 0. The molecule has 0 radical (unpaired) electrons. The van der Waals surface area contributed by atoms with E-state index in [1.165, 1.54) is 0 Å². The zero-order valence-electron chi connectivity index (χ0n) is 8.15. The highest BCUT2D eigenvalue weighted by Crippen LogP contribution is 2.27. The molecule has 14 heavy (non-hydrogen) atoms. The molecule has 76 valence electrons. The fourth-order valence-electron chi connectivity index (χ4n) is 1.72. The van der Waals surface area contributed by atoms with Crippen LogP contribution in [0.1, 0.15) is 20.3 Å². The van der Waals surface area contributed by atoms with Crippen LogP contribution in [0.2, 0.25) is 0 Å². The molecule has 1 atom stereocenters.